The van der Waals surface area contributed by atoms with Crippen molar-refractivity contribution in [2.24, 2.45) is 0 Å². The normalized spacial score (nSPS) is 15.7. The molecule has 1 aromatic rings. The second-order valence-corrected chi connectivity index (χ2v) is 3.78. The number of hydrogen-bond acceptors (Lipinski definition) is 3. The first-order valence-electron chi connectivity index (χ1n) is 5.57. The maximum atomic E-state index is 12.8. The first kappa shape index (κ1) is 11.9. The van der Waals surface area contributed by atoms with Gasteiger partial charge >= 0.3 is 0 Å². The molecule has 5 heteroatoms. The van der Waals surface area contributed by atoms with E-state index < -0.39 is 0 Å². The number of rotatable bonds is 3. The summed E-state index contributed by atoms with van der Waals surface area (Å²) in [5, 5.41) is 1.31. The van der Waals surface area contributed by atoms with E-state index in [1.165, 1.54) is 23.3 Å². The van der Waals surface area contributed by atoms with E-state index in [4.69, 9.17) is 9.57 Å². The van der Waals surface area contributed by atoms with Gasteiger partial charge in [0.1, 0.15) is 11.6 Å². The highest BCUT2D eigenvalue weighted by molar-refractivity contribution is 5.76. The van der Waals surface area contributed by atoms with Gasteiger partial charge in [0.2, 0.25) is 0 Å². The number of amides is 1. The number of benzene rings is 1. The first-order chi connectivity index (χ1) is 8.25. The highest BCUT2D eigenvalue weighted by Crippen LogP contribution is 2.12. The zero-order valence-corrected chi connectivity index (χ0v) is 9.39. The smallest absolute Gasteiger partial charge is 0.283 e. The summed E-state index contributed by atoms with van der Waals surface area (Å²) in [5.41, 5.74) is 0. The molecule has 0 unspecified atom stereocenters. The monoisotopic (exact) mass is 239 g/mol. The Morgan fingerprint density at radius 2 is 2.35 bits per heavy atom. The minimum absolute atomic E-state index is 0.135. The van der Waals surface area contributed by atoms with Crippen LogP contribution in [0.2, 0.25) is 0 Å². The Balaban J connectivity index is 1.83. The van der Waals surface area contributed by atoms with Crippen LogP contribution in [0.3, 0.4) is 0 Å². The van der Waals surface area contributed by atoms with Crippen LogP contribution >= 0.6 is 0 Å². The van der Waals surface area contributed by atoms with Crippen LogP contribution in [0.15, 0.2) is 24.3 Å². The molecule has 0 atom stereocenters. The molecule has 92 valence electrons. The van der Waals surface area contributed by atoms with Crippen LogP contribution in [0.25, 0.3) is 0 Å². The number of carbonyl (C=O) groups is 1. The minimum atomic E-state index is -0.385. The Morgan fingerprint density at radius 1 is 1.47 bits per heavy atom. The summed E-state index contributed by atoms with van der Waals surface area (Å²) in [6, 6.07) is 5.70. The molecule has 0 spiro atoms. The van der Waals surface area contributed by atoms with Gasteiger partial charge in [0.25, 0.3) is 5.91 Å². The Hall–Kier alpha value is -1.62. The summed E-state index contributed by atoms with van der Waals surface area (Å²) in [5.74, 6) is -0.284. The number of hydroxylamine groups is 2. The Kier molecular flexibility index (Phi) is 3.93. The molecule has 1 amide bonds. The molecule has 2 rings (SSSR count). The maximum absolute atomic E-state index is 12.8. The molecule has 0 N–H and O–H groups in total. The minimum Gasteiger partial charge on any atom is -0.484 e. The highest BCUT2D eigenvalue weighted by atomic mass is 19.1. The lowest BCUT2D eigenvalue weighted by atomic mass is 10.3. The van der Waals surface area contributed by atoms with Gasteiger partial charge in [-0.15, -0.1) is 0 Å². The van der Waals surface area contributed by atoms with Crippen molar-refractivity contribution in [2.45, 2.75) is 12.8 Å². The summed E-state index contributed by atoms with van der Waals surface area (Å²) in [7, 11) is 0. The van der Waals surface area contributed by atoms with Gasteiger partial charge in [-0.1, -0.05) is 6.07 Å². The van der Waals surface area contributed by atoms with Crippen molar-refractivity contribution in [2.75, 3.05) is 19.8 Å². The van der Waals surface area contributed by atoms with Crippen molar-refractivity contribution in [1.82, 2.24) is 5.06 Å². The van der Waals surface area contributed by atoms with E-state index in [-0.39, 0.29) is 18.3 Å². The average Bonchev–Trinajstić information content (AvgIpc) is 2.37. The molecule has 1 fully saturated rings. The fraction of sp³-hybridized carbons (Fsp3) is 0.417. The molecule has 0 bridgehead atoms. The van der Waals surface area contributed by atoms with E-state index in [9.17, 15) is 9.18 Å². The second kappa shape index (κ2) is 5.63. The zero-order chi connectivity index (χ0) is 12.1. The van der Waals surface area contributed by atoms with E-state index in [0.29, 0.717) is 18.9 Å². The lowest BCUT2D eigenvalue weighted by Gasteiger charge is -2.25. The summed E-state index contributed by atoms with van der Waals surface area (Å²) >= 11 is 0. The molecular formula is C12H14FNO3. The van der Waals surface area contributed by atoms with E-state index in [1.54, 1.807) is 6.07 Å². The van der Waals surface area contributed by atoms with Gasteiger partial charge in [0.15, 0.2) is 6.61 Å². The van der Waals surface area contributed by atoms with Crippen molar-refractivity contribution in [3.05, 3.63) is 30.1 Å². The standard InChI is InChI=1S/C12H14FNO3/c13-10-4-3-5-11(8-10)16-9-12(15)14-6-1-2-7-17-14/h3-5,8H,1-2,6-7,9H2. The van der Waals surface area contributed by atoms with Gasteiger partial charge in [-0.25, -0.2) is 9.45 Å². The van der Waals surface area contributed by atoms with Crippen molar-refractivity contribution in [1.29, 1.82) is 0 Å². The third kappa shape index (κ3) is 3.42. The molecule has 0 aromatic heterocycles. The summed E-state index contributed by atoms with van der Waals surface area (Å²) in [4.78, 5) is 16.8. The fourth-order valence-corrected chi connectivity index (χ4v) is 1.57. The molecule has 1 aromatic carbocycles. The number of ether oxygens (including phenoxy) is 1. The molecular weight excluding hydrogens is 225 g/mol. The highest BCUT2D eigenvalue weighted by Gasteiger charge is 2.17. The van der Waals surface area contributed by atoms with Crippen molar-refractivity contribution >= 4 is 5.91 Å². The van der Waals surface area contributed by atoms with Crippen molar-refractivity contribution in [3.8, 4) is 5.75 Å². The van der Waals surface area contributed by atoms with Gasteiger partial charge in [-0.2, -0.15) is 0 Å². The molecule has 0 saturated carbocycles. The third-order valence-electron chi connectivity index (χ3n) is 2.44. The van der Waals surface area contributed by atoms with Crippen LogP contribution in [0.5, 0.6) is 5.75 Å². The quantitative estimate of drug-likeness (QED) is 0.806. The van der Waals surface area contributed by atoms with Gasteiger partial charge in [-0.3, -0.25) is 9.63 Å². The number of carbonyl (C=O) groups excluding carboxylic acids is 1. The van der Waals surface area contributed by atoms with Gasteiger partial charge < -0.3 is 4.74 Å². The van der Waals surface area contributed by atoms with E-state index >= 15 is 0 Å². The molecule has 1 saturated heterocycles. The molecule has 17 heavy (non-hydrogen) atoms. The lowest BCUT2D eigenvalue weighted by molar-refractivity contribution is -0.198. The third-order valence-corrected chi connectivity index (χ3v) is 2.44. The molecule has 4 nitrogen and oxygen atoms in total. The van der Waals surface area contributed by atoms with Crippen molar-refractivity contribution in [3.63, 3.8) is 0 Å². The molecule has 1 aliphatic heterocycles. The largest absolute Gasteiger partial charge is 0.484 e. The summed E-state index contributed by atoms with van der Waals surface area (Å²) in [6.45, 7) is 1.01. The SMILES string of the molecule is O=C(COc1cccc(F)c1)N1CCCCO1. The molecule has 1 aliphatic rings. The molecule has 1 heterocycles. The van der Waals surface area contributed by atoms with Gasteiger partial charge in [0.05, 0.1) is 6.61 Å². The van der Waals surface area contributed by atoms with Gasteiger partial charge in [0, 0.05) is 12.6 Å². The maximum Gasteiger partial charge on any atom is 0.283 e. The van der Waals surface area contributed by atoms with Crippen molar-refractivity contribution < 1.29 is 18.8 Å². The Morgan fingerprint density at radius 3 is 3.06 bits per heavy atom. The van der Waals surface area contributed by atoms with E-state index in [0.717, 1.165) is 12.8 Å². The van der Waals surface area contributed by atoms with Crippen LogP contribution in [-0.2, 0) is 9.63 Å². The van der Waals surface area contributed by atoms with E-state index in [1.807, 2.05) is 0 Å². The molecule has 0 aliphatic carbocycles. The predicted molar refractivity (Wildman–Crippen MR) is 58.8 cm³/mol. The molecule has 0 radical (unpaired) electrons. The Labute approximate surface area is 98.9 Å². The predicted octanol–water partition coefficient (Wildman–Crippen LogP) is 1.76. The van der Waals surface area contributed by atoms with Gasteiger partial charge in [-0.05, 0) is 25.0 Å². The number of halogens is 1. The number of nitrogens with zero attached hydrogens (tertiary/aromatic N) is 1. The van der Waals surface area contributed by atoms with E-state index in [2.05, 4.69) is 0 Å². The summed E-state index contributed by atoms with van der Waals surface area (Å²) in [6.07, 6.45) is 1.90. The Bertz CT molecular complexity index is 391. The summed E-state index contributed by atoms with van der Waals surface area (Å²) < 4.78 is 18.0. The van der Waals surface area contributed by atoms with Crippen LogP contribution in [0.1, 0.15) is 12.8 Å². The van der Waals surface area contributed by atoms with Crippen LogP contribution < -0.4 is 4.74 Å². The topological polar surface area (TPSA) is 38.8 Å². The van der Waals surface area contributed by atoms with Crippen LogP contribution in [-0.4, -0.2) is 30.7 Å². The first-order valence-corrected chi connectivity index (χ1v) is 5.57. The second-order valence-electron chi connectivity index (χ2n) is 3.78. The fourth-order valence-electron chi connectivity index (χ4n) is 1.57. The van der Waals surface area contributed by atoms with Crippen LogP contribution in [0.4, 0.5) is 4.39 Å². The lowest BCUT2D eigenvalue weighted by Crippen LogP contribution is -2.38. The van der Waals surface area contributed by atoms with Crippen LogP contribution in [0, 0.1) is 5.82 Å². The zero-order valence-electron chi connectivity index (χ0n) is 9.39. The number of hydrogen-bond donors (Lipinski definition) is 0. The average molecular weight is 239 g/mol.